The lowest BCUT2D eigenvalue weighted by molar-refractivity contribution is 0.0943. The maximum absolute atomic E-state index is 11.8. The molecule has 0 aliphatic rings. The van der Waals surface area contributed by atoms with E-state index < -0.39 is 0 Å². The first-order valence-electron chi connectivity index (χ1n) is 5.42. The maximum atomic E-state index is 11.8. The largest absolute Gasteiger partial charge is 0.380 e. The average molecular weight is 321 g/mol. The first kappa shape index (κ1) is 14.5. The van der Waals surface area contributed by atoms with Crippen LogP contribution in [0.1, 0.15) is 16.8 Å². The van der Waals surface area contributed by atoms with Crippen molar-refractivity contribution in [2.75, 3.05) is 25.6 Å². The third-order valence-corrected chi connectivity index (χ3v) is 2.94. The van der Waals surface area contributed by atoms with E-state index in [9.17, 15) is 4.79 Å². The fourth-order valence-electron chi connectivity index (χ4n) is 1.27. The van der Waals surface area contributed by atoms with Crippen molar-refractivity contribution in [3.05, 3.63) is 34.3 Å². The van der Waals surface area contributed by atoms with Gasteiger partial charge in [0.1, 0.15) is 0 Å². The average Bonchev–Trinajstić information content (AvgIpc) is 2.34. The van der Waals surface area contributed by atoms with Crippen molar-refractivity contribution >= 4 is 33.4 Å². The van der Waals surface area contributed by atoms with Crippen molar-refractivity contribution in [3.63, 3.8) is 0 Å². The van der Waals surface area contributed by atoms with Crippen LogP contribution in [-0.4, -0.2) is 31.5 Å². The Morgan fingerprint density at radius 1 is 1.35 bits per heavy atom. The molecule has 0 aliphatic carbocycles. The Bertz CT molecular complexity index is 360. The van der Waals surface area contributed by atoms with Gasteiger partial charge in [-0.05, 0) is 34.5 Å². The van der Waals surface area contributed by atoms with E-state index in [0.29, 0.717) is 31.2 Å². The molecule has 1 N–H and O–H groups in total. The fourth-order valence-corrected chi connectivity index (χ4v) is 1.85. The minimum absolute atomic E-state index is 0.0742. The normalized spacial score (nSPS) is 10.2. The molecule has 0 bridgehead atoms. The molecule has 94 valence electrons. The maximum Gasteiger partial charge on any atom is 0.252 e. The molecular formula is C12H15BrClNO2. The van der Waals surface area contributed by atoms with Gasteiger partial charge in [-0.3, -0.25) is 4.79 Å². The Morgan fingerprint density at radius 3 is 2.82 bits per heavy atom. The van der Waals surface area contributed by atoms with Crippen LogP contribution < -0.4 is 5.32 Å². The number of hydrogen-bond acceptors (Lipinski definition) is 2. The second-order valence-corrected chi connectivity index (χ2v) is 4.62. The van der Waals surface area contributed by atoms with E-state index in [2.05, 4.69) is 21.2 Å². The van der Waals surface area contributed by atoms with Gasteiger partial charge >= 0.3 is 0 Å². The van der Waals surface area contributed by atoms with Crippen LogP contribution in [0.3, 0.4) is 0 Å². The molecule has 3 nitrogen and oxygen atoms in total. The first-order chi connectivity index (χ1) is 8.25. The van der Waals surface area contributed by atoms with Gasteiger partial charge in [-0.2, -0.15) is 0 Å². The summed E-state index contributed by atoms with van der Waals surface area (Å²) >= 11 is 8.80. The molecular weight excluding hydrogens is 305 g/mol. The number of alkyl halides is 1. The van der Waals surface area contributed by atoms with Crippen molar-refractivity contribution < 1.29 is 9.53 Å². The molecule has 0 saturated heterocycles. The quantitative estimate of drug-likeness (QED) is 0.620. The Hall–Kier alpha value is -0.580. The minimum atomic E-state index is -0.0742. The van der Waals surface area contributed by atoms with E-state index in [1.54, 1.807) is 6.07 Å². The van der Waals surface area contributed by atoms with Gasteiger partial charge in [0.15, 0.2) is 0 Å². The van der Waals surface area contributed by atoms with Crippen LogP contribution in [0, 0.1) is 0 Å². The van der Waals surface area contributed by atoms with E-state index in [-0.39, 0.29) is 5.91 Å². The van der Waals surface area contributed by atoms with Crippen molar-refractivity contribution in [1.29, 1.82) is 0 Å². The van der Waals surface area contributed by atoms with Crippen LogP contribution in [0.2, 0.25) is 0 Å². The zero-order chi connectivity index (χ0) is 12.5. The number of hydrogen-bond donors (Lipinski definition) is 1. The SMILES string of the molecule is O=C(NCCCOCCCl)c1ccccc1Br. The molecule has 0 saturated carbocycles. The number of nitrogens with one attached hydrogen (secondary N) is 1. The van der Waals surface area contributed by atoms with Gasteiger partial charge in [0, 0.05) is 23.5 Å². The van der Waals surface area contributed by atoms with Gasteiger partial charge in [-0.25, -0.2) is 0 Å². The molecule has 0 fully saturated rings. The lowest BCUT2D eigenvalue weighted by Gasteiger charge is -2.06. The summed E-state index contributed by atoms with van der Waals surface area (Å²) in [4.78, 5) is 11.8. The molecule has 0 spiro atoms. The highest BCUT2D eigenvalue weighted by Gasteiger charge is 2.07. The fraction of sp³-hybridized carbons (Fsp3) is 0.417. The summed E-state index contributed by atoms with van der Waals surface area (Å²) in [6.45, 7) is 1.77. The van der Waals surface area contributed by atoms with Crippen LogP contribution in [0.4, 0.5) is 0 Å². The van der Waals surface area contributed by atoms with E-state index >= 15 is 0 Å². The Morgan fingerprint density at radius 2 is 2.12 bits per heavy atom. The van der Waals surface area contributed by atoms with Gasteiger partial charge in [-0.1, -0.05) is 12.1 Å². The molecule has 1 amide bonds. The van der Waals surface area contributed by atoms with Crippen LogP contribution in [0.15, 0.2) is 28.7 Å². The highest BCUT2D eigenvalue weighted by atomic mass is 79.9. The number of amides is 1. The van der Waals surface area contributed by atoms with Gasteiger partial charge in [0.05, 0.1) is 12.2 Å². The smallest absolute Gasteiger partial charge is 0.252 e. The summed E-state index contributed by atoms with van der Waals surface area (Å²) in [7, 11) is 0. The third kappa shape index (κ3) is 5.52. The molecule has 0 aromatic heterocycles. The van der Waals surface area contributed by atoms with Gasteiger partial charge in [-0.15, -0.1) is 11.6 Å². The summed E-state index contributed by atoms with van der Waals surface area (Å²) in [6.07, 6.45) is 0.785. The molecule has 5 heteroatoms. The number of halogens is 2. The van der Waals surface area contributed by atoms with Crippen LogP contribution in [0.25, 0.3) is 0 Å². The molecule has 0 unspecified atom stereocenters. The topological polar surface area (TPSA) is 38.3 Å². The number of rotatable bonds is 7. The van der Waals surface area contributed by atoms with Crippen molar-refractivity contribution in [3.8, 4) is 0 Å². The van der Waals surface area contributed by atoms with Crippen molar-refractivity contribution in [1.82, 2.24) is 5.32 Å². The van der Waals surface area contributed by atoms with E-state index in [1.807, 2.05) is 18.2 Å². The molecule has 1 aromatic rings. The second-order valence-electron chi connectivity index (χ2n) is 3.39. The number of carbonyl (C=O) groups is 1. The number of carbonyl (C=O) groups excluding carboxylic acids is 1. The van der Waals surface area contributed by atoms with Crippen molar-refractivity contribution in [2.24, 2.45) is 0 Å². The van der Waals surface area contributed by atoms with Crippen LogP contribution >= 0.6 is 27.5 Å². The summed E-state index contributed by atoms with van der Waals surface area (Å²) in [6, 6.07) is 7.34. The van der Waals surface area contributed by atoms with E-state index in [4.69, 9.17) is 16.3 Å². The summed E-state index contributed by atoms with van der Waals surface area (Å²) < 4.78 is 6.00. The van der Waals surface area contributed by atoms with Crippen LogP contribution in [-0.2, 0) is 4.74 Å². The molecule has 17 heavy (non-hydrogen) atoms. The molecule has 0 aliphatic heterocycles. The zero-order valence-electron chi connectivity index (χ0n) is 9.42. The van der Waals surface area contributed by atoms with E-state index in [1.165, 1.54) is 0 Å². The molecule has 0 heterocycles. The highest BCUT2D eigenvalue weighted by molar-refractivity contribution is 9.10. The third-order valence-electron chi connectivity index (χ3n) is 2.09. The predicted molar refractivity (Wildman–Crippen MR) is 72.6 cm³/mol. The van der Waals surface area contributed by atoms with Gasteiger partial charge in [0.2, 0.25) is 0 Å². The standard InChI is InChI=1S/C12H15BrClNO2/c13-11-5-2-1-4-10(11)12(16)15-7-3-8-17-9-6-14/h1-2,4-5H,3,6-9H2,(H,15,16). The highest BCUT2D eigenvalue weighted by Crippen LogP contribution is 2.15. The number of benzene rings is 1. The first-order valence-corrected chi connectivity index (χ1v) is 6.75. The number of ether oxygens (including phenoxy) is 1. The molecule has 1 rings (SSSR count). The lowest BCUT2D eigenvalue weighted by atomic mass is 10.2. The minimum Gasteiger partial charge on any atom is -0.380 e. The van der Waals surface area contributed by atoms with E-state index in [0.717, 1.165) is 10.9 Å². The Kier molecular flexibility index (Phi) is 7.24. The van der Waals surface area contributed by atoms with Crippen LogP contribution in [0.5, 0.6) is 0 Å². The second kappa shape index (κ2) is 8.50. The van der Waals surface area contributed by atoms with Crippen molar-refractivity contribution in [2.45, 2.75) is 6.42 Å². The Labute approximate surface area is 115 Å². The summed E-state index contributed by atoms with van der Waals surface area (Å²) in [5.41, 5.74) is 0.647. The monoisotopic (exact) mass is 319 g/mol. The molecule has 0 atom stereocenters. The van der Waals surface area contributed by atoms with Gasteiger partial charge in [0.25, 0.3) is 5.91 Å². The lowest BCUT2D eigenvalue weighted by Crippen LogP contribution is -2.25. The summed E-state index contributed by atoms with van der Waals surface area (Å²) in [5.74, 6) is 0.429. The zero-order valence-corrected chi connectivity index (χ0v) is 11.8. The van der Waals surface area contributed by atoms with Gasteiger partial charge < -0.3 is 10.1 Å². The summed E-state index contributed by atoms with van der Waals surface area (Å²) in [5, 5.41) is 2.83. The molecule has 0 radical (unpaired) electrons. The predicted octanol–water partition coefficient (Wildman–Crippen LogP) is 2.82. The molecule has 1 aromatic carbocycles. The Balaban J connectivity index is 2.24.